The van der Waals surface area contributed by atoms with Gasteiger partial charge in [-0.3, -0.25) is 9.59 Å². The second-order valence-corrected chi connectivity index (χ2v) is 8.07. The van der Waals surface area contributed by atoms with Gasteiger partial charge in [0.05, 0.1) is 18.0 Å². The number of hydroxylamine groups is 2. The van der Waals surface area contributed by atoms with Gasteiger partial charge in [0.2, 0.25) is 11.8 Å². The van der Waals surface area contributed by atoms with Crippen LogP contribution in [0.25, 0.3) is 0 Å². The summed E-state index contributed by atoms with van der Waals surface area (Å²) < 4.78 is 0. The van der Waals surface area contributed by atoms with Crippen LogP contribution < -0.4 is 10.6 Å². The van der Waals surface area contributed by atoms with Crippen molar-refractivity contribution in [1.82, 2.24) is 10.4 Å². The highest BCUT2D eigenvalue weighted by Crippen LogP contribution is 2.43. The normalized spacial score (nSPS) is 21.8. The number of nitrogens with one attached hydrogen (secondary N) is 2. The first kappa shape index (κ1) is 19.4. The molecule has 1 aromatic rings. The number of nitrogens with zero attached hydrogens (tertiary/aromatic N) is 1. The Morgan fingerprint density at radius 3 is 2.24 bits per heavy atom. The van der Waals surface area contributed by atoms with E-state index in [1.165, 1.54) is 5.06 Å². The molecule has 1 aromatic carbocycles. The summed E-state index contributed by atoms with van der Waals surface area (Å²) in [6, 6.07) is 5.80. The molecule has 0 saturated carbocycles. The van der Waals surface area contributed by atoms with Crippen LogP contribution in [0.15, 0.2) is 18.2 Å². The lowest BCUT2D eigenvalue weighted by atomic mass is 9.86. The zero-order valence-corrected chi connectivity index (χ0v) is 15.9. The number of carbonyl (C=O) groups is 2. The van der Waals surface area contributed by atoms with Crippen molar-refractivity contribution < 1.29 is 14.8 Å². The number of anilines is 1. The van der Waals surface area contributed by atoms with E-state index in [2.05, 4.69) is 10.6 Å². The van der Waals surface area contributed by atoms with Crippen molar-refractivity contribution in [2.45, 2.75) is 59.0 Å². The maximum atomic E-state index is 12.6. The molecular formula is C19H29N3O3. The highest BCUT2D eigenvalue weighted by molar-refractivity contribution is 5.96. The van der Waals surface area contributed by atoms with Gasteiger partial charge in [-0.2, -0.15) is 5.06 Å². The molecule has 0 spiro atoms. The Kier molecular flexibility index (Phi) is 5.25. The van der Waals surface area contributed by atoms with Crippen LogP contribution >= 0.6 is 0 Å². The van der Waals surface area contributed by atoms with Crippen LogP contribution in [0.3, 0.4) is 0 Å². The standard InChI is InChI=1S/C19H29N3O3/c1-12-8-7-9-13(2)16(12)21-15(23)11-20-17(24)14-10-18(3,4)22(25)19(14,5)6/h7-9,14,25H,10-11H2,1-6H3,(H,20,24)(H,21,23). The second kappa shape index (κ2) is 6.77. The molecule has 0 aliphatic carbocycles. The Balaban J connectivity index is 1.97. The maximum absolute atomic E-state index is 12.6. The Hall–Kier alpha value is -1.92. The lowest BCUT2D eigenvalue weighted by Gasteiger charge is -2.35. The molecule has 1 atom stereocenters. The minimum atomic E-state index is -0.684. The second-order valence-electron chi connectivity index (χ2n) is 8.07. The topological polar surface area (TPSA) is 81.7 Å². The van der Waals surface area contributed by atoms with Crippen LogP contribution in [0.1, 0.15) is 45.2 Å². The average molecular weight is 347 g/mol. The van der Waals surface area contributed by atoms with E-state index in [0.29, 0.717) is 6.42 Å². The Morgan fingerprint density at radius 2 is 1.76 bits per heavy atom. The fraction of sp³-hybridized carbons (Fsp3) is 0.579. The molecule has 0 radical (unpaired) electrons. The van der Waals surface area contributed by atoms with E-state index in [1.807, 2.05) is 59.7 Å². The minimum absolute atomic E-state index is 0.0922. The van der Waals surface area contributed by atoms with Gasteiger partial charge in [0.25, 0.3) is 0 Å². The van der Waals surface area contributed by atoms with Crippen molar-refractivity contribution >= 4 is 17.5 Å². The third kappa shape index (κ3) is 3.85. The molecule has 1 aliphatic rings. The van der Waals surface area contributed by atoms with E-state index in [0.717, 1.165) is 16.8 Å². The summed E-state index contributed by atoms with van der Waals surface area (Å²) in [5.41, 5.74) is 1.58. The Bertz CT molecular complexity index is 662. The lowest BCUT2D eigenvalue weighted by molar-refractivity contribution is -0.197. The zero-order valence-electron chi connectivity index (χ0n) is 15.9. The Labute approximate surface area is 149 Å². The van der Waals surface area contributed by atoms with E-state index in [1.54, 1.807) is 0 Å². The number of aryl methyl sites for hydroxylation is 2. The molecule has 25 heavy (non-hydrogen) atoms. The molecule has 0 aromatic heterocycles. The van der Waals surface area contributed by atoms with Crippen LogP contribution in [0.2, 0.25) is 0 Å². The number of carbonyl (C=O) groups excluding carboxylic acids is 2. The van der Waals surface area contributed by atoms with E-state index in [9.17, 15) is 14.8 Å². The number of hydrogen-bond donors (Lipinski definition) is 3. The average Bonchev–Trinajstić information content (AvgIpc) is 2.68. The molecular weight excluding hydrogens is 318 g/mol. The molecule has 2 rings (SSSR count). The molecule has 138 valence electrons. The van der Waals surface area contributed by atoms with E-state index >= 15 is 0 Å². The third-order valence-electron chi connectivity index (χ3n) is 5.16. The predicted molar refractivity (Wildman–Crippen MR) is 97.4 cm³/mol. The largest absolute Gasteiger partial charge is 0.347 e. The van der Waals surface area contributed by atoms with Gasteiger partial charge in [0, 0.05) is 11.2 Å². The molecule has 1 saturated heterocycles. The summed E-state index contributed by atoms with van der Waals surface area (Å²) in [6.45, 7) is 11.2. The summed E-state index contributed by atoms with van der Waals surface area (Å²) in [7, 11) is 0. The molecule has 2 amide bonds. The molecule has 0 bridgehead atoms. The van der Waals surface area contributed by atoms with Gasteiger partial charge in [0.15, 0.2) is 0 Å². The molecule has 6 heteroatoms. The number of amides is 2. The minimum Gasteiger partial charge on any atom is -0.347 e. The number of hydrogen-bond acceptors (Lipinski definition) is 4. The highest BCUT2D eigenvalue weighted by Gasteiger charge is 2.54. The summed E-state index contributed by atoms with van der Waals surface area (Å²) in [6.07, 6.45) is 0.529. The van der Waals surface area contributed by atoms with Crippen molar-refractivity contribution in [3.63, 3.8) is 0 Å². The van der Waals surface area contributed by atoms with Gasteiger partial charge in [-0.25, -0.2) is 0 Å². The van der Waals surface area contributed by atoms with Crippen molar-refractivity contribution in [2.24, 2.45) is 5.92 Å². The van der Waals surface area contributed by atoms with Crippen molar-refractivity contribution in [1.29, 1.82) is 0 Å². The van der Waals surface area contributed by atoms with Crippen LogP contribution in [0.5, 0.6) is 0 Å². The smallest absolute Gasteiger partial charge is 0.243 e. The van der Waals surface area contributed by atoms with Crippen LogP contribution in [-0.2, 0) is 9.59 Å². The van der Waals surface area contributed by atoms with E-state index in [-0.39, 0.29) is 24.3 Å². The fourth-order valence-electron chi connectivity index (χ4n) is 3.66. The molecule has 1 aliphatic heterocycles. The van der Waals surface area contributed by atoms with Gasteiger partial charge in [-0.05, 0) is 59.1 Å². The molecule has 6 nitrogen and oxygen atoms in total. The third-order valence-corrected chi connectivity index (χ3v) is 5.16. The number of para-hydroxylation sites is 1. The fourth-order valence-corrected chi connectivity index (χ4v) is 3.66. The lowest BCUT2D eigenvalue weighted by Crippen LogP contribution is -2.50. The quantitative estimate of drug-likeness (QED) is 0.782. The Morgan fingerprint density at radius 1 is 1.20 bits per heavy atom. The first-order chi connectivity index (χ1) is 11.5. The van der Waals surface area contributed by atoms with Gasteiger partial charge in [-0.1, -0.05) is 18.2 Å². The molecule has 1 fully saturated rings. The van der Waals surface area contributed by atoms with Gasteiger partial charge in [-0.15, -0.1) is 0 Å². The first-order valence-corrected chi connectivity index (χ1v) is 8.60. The van der Waals surface area contributed by atoms with Gasteiger partial charge in [0.1, 0.15) is 0 Å². The summed E-state index contributed by atoms with van der Waals surface area (Å²) in [5, 5.41) is 17.1. The monoisotopic (exact) mass is 347 g/mol. The summed E-state index contributed by atoms with van der Waals surface area (Å²) in [5.74, 6) is -0.867. The molecule has 3 N–H and O–H groups in total. The summed E-state index contributed by atoms with van der Waals surface area (Å²) >= 11 is 0. The van der Waals surface area contributed by atoms with E-state index < -0.39 is 11.1 Å². The first-order valence-electron chi connectivity index (χ1n) is 8.60. The predicted octanol–water partition coefficient (Wildman–Crippen LogP) is 2.63. The summed E-state index contributed by atoms with van der Waals surface area (Å²) in [4.78, 5) is 24.8. The SMILES string of the molecule is Cc1cccc(C)c1NC(=O)CNC(=O)C1CC(C)(C)N(O)C1(C)C. The van der Waals surface area contributed by atoms with E-state index in [4.69, 9.17) is 0 Å². The van der Waals surface area contributed by atoms with Crippen LogP contribution in [-0.4, -0.2) is 39.7 Å². The zero-order chi connectivity index (χ0) is 19.0. The number of rotatable bonds is 4. The highest BCUT2D eigenvalue weighted by atomic mass is 16.5. The molecule has 1 unspecified atom stereocenters. The van der Waals surface area contributed by atoms with Crippen LogP contribution in [0, 0.1) is 19.8 Å². The van der Waals surface area contributed by atoms with Crippen molar-refractivity contribution in [3.05, 3.63) is 29.3 Å². The van der Waals surface area contributed by atoms with Crippen LogP contribution in [0.4, 0.5) is 5.69 Å². The number of benzene rings is 1. The molecule has 1 heterocycles. The maximum Gasteiger partial charge on any atom is 0.243 e. The van der Waals surface area contributed by atoms with Gasteiger partial charge < -0.3 is 15.8 Å². The van der Waals surface area contributed by atoms with Crippen molar-refractivity contribution in [3.8, 4) is 0 Å². The van der Waals surface area contributed by atoms with Crippen molar-refractivity contribution in [2.75, 3.05) is 11.9 Å². The van der Waals surface area contributed by atoms with Gasteiger partial charge >= 0.3 is 0 Å².